The normalized spacial score (nSPS) is 10.1. The molecule has 1 heterocycles. The summed E-state index contributed by atoms with van der Waals surface area (Å²) in [5, 5.41) is 5.39. The van der Waals surface area contributed by atoms with Gasteiger partial charge >= 0.3 is 6.03 Å². The lowest BCUT2D eigenvalue weighted by atomic mass is 10.2. The molecule has 2 aromatic rings. The SMILES string of the molecule is Cc1cc(C)nc(NC(=O)Nc2ccccc2C)n1. The summed E-state index contributed by atoms with van der Waals surface area (Å²) in [7, 11) is 0. The molecule has 0 saturated carbocycles. The molecule has 1 aromatic carbocycles. The number of para-hydroxylation sites is 1. The largest absolute Gasteiger partial charge is 0.326 e. The van der Waals surface area contributed by atoms with Gasteiger partial charge in [-0.3, -0.25) is 5.32 Å². The molecule has 2 rings (SSSR count). The maximum Gasteiger partial charge on any atom is 0.326 e. The molecule has 0 unspecified atom stereocenters. The van der Waals surface area contributed by atoms with Gasteiger partial charge in [0.1, 0.15) is 0 Å². The Bertz CT molecular complexity index is 590. The number of nitrogens with zero attached hydrogens (tertiary/aromatic N) is 2. The highest BCUT2D eigenvalue weighted by molar-refractivity contribution is 5.99. The van der Waals surface area contributed by atoms with Gasteiger partial charge in [0.25, 0.3) is 0 Å². The topological polar surface area (TPSA) is 66.9 Å². The second kappa shape index (κ2) is 5.48. The van der Waals surface area contributed by atoms with Crippen LogP contribution in [-0.2, 0) is 0 Å². The molecule has 0 saturated heterocycles. The minimum atomic E-state index is -0.348. The zero-order valence-corrected chi connectivity index (χ0v) is 11.2. The van der Waals surface area contributed by atoms with Gasteiger partial charge in [0.05, 0.1) is 0 Å². The van der Waals surface area contributed by atoms with Crippen molar-refractivity contribution in [2.75, 3.05) is 10.6 Å². The molecule has 0 aliphatic carbocycles. The lowest BCUT2D eigenvalue weighted by Gasteiger charge is -2.09. The summed E-state index contributed by atoms with van der Waals surface area (Å²) in [5.74, 6) is 0.309. The minimum Gasteiger partial charge on any atom is -0.307 e. The summed E-state index contributed by atoms with van der Waals surface area (Å²) in [4.78, 5) is 20.2. The van der Waals surface area contributed by atoms with E-state index in [1.807, 2.05) is 51.1 Å². The number of carbonyl (C=O) groups is 1. The van der Waals surface area contributed by atoms with Gasteiger partial charge in [-0.25, -0.2) is 14.8 Å². The fraction of sp³-hybridized carbons (Fsp3) is 0.214. The Hall–Kier alpha value is -2.43. The minimum absolute atomic E-state index is 0.309. The van der Waals surface area contributed by atoms with Crippen molar-refractivity contribution in [2.24, 2.45) is 0 Å². The average Bonchev–Trinajstić information content (AvgIpc) is 2.30. The molecule has 1 aromatic heterocycles. The molecule has 0 radical (unpaired) electrons. The van der Waals surface area contributed by atoms with Gasteiger partial charge in [0.2, 0.25) is 5.95 Å². The van der Waals surface area contributed by atoms with Crippen LogP contribution in [0.4, 0.5) is 16.4 Å². The lowest BCUT2D eigenvalue weighted by Crippen LogP contribution is -2.21. The predicted molar refractivity (Wildman–Crippen MR) is 75.3 cm³/mol. The highest BCUT2D eigenvalue weighted by atomic mass is 16.2. The van der Waals surface area contributed by atoms with E-state index in [1.165, 1.54) is 0 Å². The molecular weight excluding hydrogens is 240 g/mol. The van der Waals surface area contributed by atoms with Crippen molar-refractivity contribution in [3.8, 4) is 0 Å². The highest BCUT2D eigenvalue weighted by Gasteiger charge is 2.06. The van der Waals surface area contributed by atoms with E-state index < -0.39 is 0 Å². The predicted octanol–water partition coefficient (Wildman–Crippen LogP) is 3.05. The number of urea groups is 1. The van der Waals surface area contributed by atoms with Crippen LogP contribution in [0.15, 0.2) is 30.3 Å². The van der Waals surface area contributed by atoms with Crippen LogP contribution in [0.2, 0.25) is 0 Å². The zero-order chi connectivity index (χ0) is 13.8. The number of nitrogens with one attached hydrogen (secondary N) is 2. The smallest absolute Gasteiger partial charge is 0.307 e. The molecule has 0 bridgehead atoms. The van der Waals surface area contributed by atoms with E-state index in [0.717, 1.165) is 22.6 Å². The molecule has 0 aliphatic rings. The van der Waals surface area contributed by atoms with Crippen LogP contribution in [0.25, 0.3) is 0 Å². The molecule has 0 fully saturated rings. The van der Waals surface area contributed by atoms with E-state index >= 15 is 0 Å². The molecular formula is C14H16N4O. The Morgan fingerprint density at radius 1 is 1.00 bits per heavy atom. The van der Waals surface area contributed by atoms with Crippen LogP contribution in [0, 0.1) is 20.8 Å². The number of rotatable bonds is 2. The Kier molecular flexibility index (Phi) is 3.75. The van der Waals surface area contributed by atoms with E-state index in [-0.39, 0.29) is 6.03 Å². The van der Waals surface area contributed by atoms with Gasteiger partial charge in [-0.15, -0.1) is 0 Å². The Labute approximate surface area is 112 Å². The Balaban J connectivity index is 2.07. The van der Waals surface area contributed by atoms with Crippen molar-refractivity contribution < 1.29 is 4.79 Å². The number of aromatic nitrogens is 2. The Morgan fingerprint density at radius 2 is 1.63 bits per heavy atom. The summed E-state index contributed by atoms with van der Waals surface area (Å²) in [6, 6.07) is 9.07. The van der Waals surface area contributed by atoms with Gasteiger partial charge in [-0.05, 0) is 38.5 Å². The number of hydrogen-bond donors (Lipinski definition) is 2. The quantitative estimate of drug-likeness (QED) is 0.867. The van der Waals surface area contributed by atoms with E-state index in [1.54, 1.807) is 0 Å². The van der Waals surface area contributed by atoms with Crippen LogP contribution in [-0.4, -0.2) is 16.0 Å². The number of benzene rings is 1. The monoisotopic (exact) mass is 256 g/mol. The molecule has 2 amide bonds. The Morgan fingerprint density at radius 3 is 2.26 bits per heavy atom. The first-order valence-corrected chi connectivity index (χ1v) is 6.00. The van der Waals surface area contributed by atoms with Gasteiger partial charge < -0.3 is 5.32 Å². The second-order valence-corrected chi connectivity index (χ2v) is 4.37. The fourth-order valence-corrected chi connectivity index (χ4v) is 1.75. The first-order chi connectivity index (χ1) is 9.04. The van der Waals surface area contributed by atoms with E-state index in [4.69, 9.17) is 0 Å². The van der Waals surface area contributed by atoms with Crippen molar-refractivity contribution in [1.29, 1.82) is 0 Å². The molecule has 98 valence electrons. The van der Waals surface area contributed by atoms with Crippen molar-refractivity contribution in [3.63, 3.8) is 0 Å². The first-order valence-electron chi connectivity index (χ1n) is 6.00. The third kappa shape index (κ3) is 3.51. The van der Waals surface area contributed by atoms with Crippen LogP contribution >= 0.6 is 0 Å². The molecule has 0 spiro atoms. The molecule has 5 heteroatoms. The molecule has 5 nitrogen and oxygen atoms in total. The van der Waals surface area contributed by atoms with Gasteiger partial charge in [0.15, 0.2) is 0 Å². The zero-order valence-electron chi connectivity index (χ0n) is 11.2. The maximum absolute atomic E-state index is 11.9. The van der Waals surface area contributed by atoms with E-state index in [9.17, 15) is 4.79 Å². The van der Waals surface area contributed by atoms with Gasteiger partial charge in [0, 0.05) is 17.1 Å². The van der Waals surface area contributed by atoms with Crippen LogP contribution < -0.4 is 10.6 Å². The van der Waals surface area contributed by atoms with E-state index in [0.29, 0.717) is 5.95 Å². The average molecular weight is 256 g/mol. The molecule has 19 heavy (non-hydrogen) atoms. The number of hydrogen-bond acceptors (Lipinski definition) is 3. The number of anilines is 2. The number of carbonyl (C=O) groups excluding carboxylic acids is 1. The second-order valence-electron chi connectivity index (χ2n) is 4.37. The first kappa shape index (κ1) is 13.0. The highest BCUT2D eigenvalue weighted by Crippen LogP contribution is 2.13. The van der Waals surface area contributed by atoms with Crippen LogP contribution in [0.3, 0.4) is 0 Å². The molecule has 0 atom stereocenters. The summed E-state index contributed by atoms with van der Waals surface area (Å²) in [6.45, 7) is 5.65. The van der Waals surface area contributed by atoms with Crippen molar-refractivity contribution in [1.82, 2.24) is 9.97 Å². The molecule has 2 N–H and O–H groups in total. The summed E-state index contributed by atoms with van der Waals surface area (Å²) < 4.78 is 0. The summed E-state index contributed by atoms with van der Waals surface area (Å²) >= 11 is 0. The van der Waals surface area contributed by atoms with Gasteiger partial charge in [-0.1, -0.05) is 18.2 Å². The summed E-state index contributed by atoms with van der Waals surface area (Å²) in [5.41, 5.74) is 3.40. The maximum atomic E-state index is 11.9. The lowest BCUT2D eigenvalue weighted by molar-refractivity contribution is 0.262. The van der Waals surface area contributed by atoms with Gasteiger partial charge in [-0.2, -0.15) is 0 Å². The third-order valence-electron chi connectivity index (χ3n) is 2.60. The van der Waals surface area contributed by atoms with Crippen LogP contribution in [0.1, 0.15) is 17.0 Å². The summed E-state index contributed by atoms with van der Waals surface area (Å²) in [6.07, 6.45) is 0. The van der Waals surface area contributed by atoms with Crippen molar-refractivity contribution in [2.45, 2.75) is 20.8 Å². The van der Waals surface area contributed by atoms with Crippen molar-refractivity contribution >= 4 is 17.7 Å². The van der Waals surface area contributed by atoms with E-state index in [2.05, 4.69) is 20.6 Å². The molecule has 0 aliphatic heterocycles. The van der Waals surface area contributed by atoms with Crippen molar-refractivity contribution in [3.05, 3.63) is 47.3 Å². The number of aryl methyl sites for hydroxylation is 3. The standard InChI is InChI=1S/C14H16N4O/c1-9-6-4-5-7-12(9)17-14(19)18-13-15-10(2)8-11(3)16-13/h4-8H,1-3H3,(H2,15,16,17,18,19). The fourth-order valence-electron chi connectivity index (χ4n) is 1.75. The van der Waals surface area contributed by atoms with Crippen LogP contribution in [0.5, 0.6) is 0 Å². The number of amides is 2. The third-order valence-corrected chi connectivity index (χ3v) is 2.60.